The maximum Gasteiger partial charge on any atom is 0.147 e. The van der Waals surface area contributed by atoms with Crippen LogP contribution >= 0.6 is 0 Å². The lowest BCUT2D eigenvalue weighted by Crippen LogP contribution is -2.26. The van der Waals surface area contributed by atoms with Gasteiger partial charge in [-0.15, -0.1) is 10.2 Å². The van der Waals surface area contributed by atoms with Crippen LogP contribution in [-0.4, -0.2) is 44.0 Å². The molecule has 2 aliphatic rings. The van der Waals surface area contributed by atoms with Gasteiger partial charge in [0.2, 0.25) is 0 Å². The van der Waals surface area contributed by atoms with Crippen LogP contribution in [0.15, 0.2) is 0 Å². The molecule has 2 atom stereocenters. The maximum atomic E-state index is 9.63. The molecule has 5 heteroatoms. The van der Waals surface area contributed by atoms with Gasteiger partial charge in [0.1, 0.15) is 11.6 Å². The minimum Gasteiger partial charge on any atom is -0.393 e. The molecule has 0 amide bonds. The summed E-state index contributed by atoms with van der Waals surface area (Å²) in [5, 5.41) is 18.3. The minimum absolute atomic E-state index is 0.192. The van der Waals surface area contributed by atoms with E-state index in [-0.39, 0.29) is 6.10 Å². The molecule has 1 saturated heterocycles. The number of aromatic nitrogens is 3. The predicted octanol–water partition coefficient (Wildman–Crippen LogP) is 0.817. The van der Waals surface area contributed by atoms with Crippen molar-refractivity contribution in [2.24, 2.45) is 5.92 Å². The first-order valence-electron chi connectivity index (χ1n) is 7.05. The summed E-state index contributed by atoms with van der Waals surface area (Å²) >= 11 is 0. The Hall–Kier alpha value is -0.940. The topological polar surface area (TPSA) is 54.2 Å². The summed E-state index contributed by atoms with van der Waals surface area (Å²) in [6.07, 6.45) is 4.46. The van der Waals surface area contributed by atoms with Crippen molar-refractivity contribution in [3.8, 4) is 0 Å². The third-order valence-corrected chi connectivity index (χ3v) is 4.29. The van der Waals surface area contributed by atoms with E-state index in [0.717, 1.165) is 50.7 Å². The Kier molecular flexibility index (Phi) is 3.35. The second-order valence-corrected chi connectivity index (χ2v) is 5.67. The number of hydrogen-bond donors (Lipinski definition) is 1. The highest BCUT2D eigenvalue weighted by Crippen LogP contribution is 2.22. The van der Waals surface area contributed by atoms with Gasteiger partial charge < -0.3 is 9.67 Å². The largest absolute Gasteiger partial charge is 0.393 e. The number of hydrogen-bond acceptors (Lipinski definition) is 4. The van der Waals surface area contributed by atoms with E-state index in [1.54, 1.807) is 0 Å². The summed E-state index contributed by atoms with van der Waals surface area (Å²) in [6.45, 7) is 5.91. The summed E-state index contributed by atoms with van der Waals surface area (Å²) in [5.41, 5.74) is 0. The fourth-order valence-corrected chi connectivity index (χ4v) is 3.09. The van der Waals surface area contributed by atoms with Crippen molar-refractivity contribution in [1.29, 1.82) is 0 Å². The summed E-state index contributed by atoms with van der Waals surface area (Å²) in [4.78, 5) is 2.39. The standard InChI is InChI=1S/C13H22N4O/c1-10(18)11-5-7-16(8-11)9-13-15-14-12-4-2-3-6-17(12)13/h10-11,18H,2-9H2,1H3. The van der Waals surface area contributed by atoms with Crippen molar-refractivity contribution >= 4 is 0 Å². The van der Waals surface area contributed by atoms with Crippen molar-refractivity contribution in [1.82, 2.24) is 19.7 Å². The number of aliphatic hydroxyl groups excluding tert-OH is 1. The lowest BCUT2D eigenvalue weighted by atomic mass is 10.0. The second-order valence-electron chi connectivity index (χ2n) is 5.67. The smallest absolute Gasteiger partial charge is 0.147 e. The number of aryl methyl sites for hydroxylation is 1. The Morgan fingerprint density at radius 1 is 1.33 bits per heavy atom. The van der Waals surface area contributed by atoms with Crippen LogP contribution in [0.5, 0.6) is 0 Å². The highest BCUT2D eigenvalue weighted by molar-refractivity contribution is 4.99. The minimum atomic E-state index is -0.192. The summed E-state index contributed by atoms with van der Waals surface area (Å²) in [6, 6.07) is 0. The molecular weight excluding hydrogens is 228 g/mol. The van der Waals surface area contributed by atoms with Crippen LogP contribution in [0.25, 0.3) is 0 Å². The molecule has 18 heavy (non-hydrogen) atoms. The van der Waals surface area contributed by atoms with Crippen LogP contribution in [0.2, 0.25) is 0 Å². The van der Waals surface area contributed by atoms with Crippen molar-refractivity contribution in [3.63, 3.8) is 0 Å². The average molecular weight is 250 g/mol. The van der Waals surface area contributed by atoms with Gasteiger partial charge in [0.05, 0.1) is 12.6 Å². The highest BCUT2D eigenvalue weighted by Gasteiger charge is 2.27. The zero-order chi connectivity index (χ0) is 12.5. The molecule has 3 rings (SSSR count). The number of fused-ring (bicyclic) bond motifs is 1. The Balaban J connectivity index is 1.65. The van der Waals surface area contributed by atoms with Gasteiger partial charge in [-0.2, -0.15) is 0 Å². The molecule has 0 saturated carbocycles. The molecule has 2 aliphatic heterocycles. The first-order chi connectivity index (χ1) is 8.74. The quantitative estimate of drug-likeness (QED) is 0.863. The van der Waals surface area contributed by atoms with E-state index in [9.17, 15) is 5.11 Å². The van der Waals surface area contributed by atoms with Gasteiger partial charge in [0, 0.05) is 19.5 Å². The lowest BCUT2D eigenvalue weighted by molar-refractivity contribution is 0.126. The summed E-state index contributed by atoms with van der Waals surface area (Å²) in [5.74, 6) is 2.69. The highest BCUT2D eigenvalue weighted by atomic mass is 16.3. The van der Waals surface area contributed by atoms with E-state index in [0.29, 0.717) is 5.92 Å². The zero-order valence-electron chi connectivity index (χ0n) is 11.0. The zero-order valence-corrected chi connectivity index (χ0v) is 11.0. The molecule has 0 bridgehead atoms. The SMILES string of the molecule is CC(O)C1CCN(Cc2nnc3n2CCCC3)C1. The fraction of sp³-hybridized carbons (Fsp3) is 0.846. The molecule has 1 aromatic rings. The van der Waals surface area contributed by atoms with Crippen molar-refractivity contribution < 1.29 is 5.11 Å². The Morgan fingerprint density at radius 2 is 2.22 bits per heavy atom. The van der Waals surface area contributed by atoms with E-state index in [4.69, 9.17) is 0 Å². The van der Waals surface area contributed by atoms with Crippen LogP contribution < -0.4 is 0 Å². The third kappa shape index (κ3) is 2.29. The van der Waals surface area contributed by atoms with Crippen LogP contribution in [0.1, 0.15) is 37.8 Å². The Bertz CT molecular complexity index is 415. The van der Waals surface area contributed by atoms with Gasteiger partial charge in [0.15, 0.2) is 0 Å². The van der Waals surface area contributed by atoms with Crippen molar-refractivity contribution in [3.05, 3.63) is 11.6 Å². The third-order valence-electron chi connectivity index (χ3n) is 4.29. The number of aliphatic hydroxyl groups is 1. The van der Waals surface area contributed by atoms with Crippen LogP contribution in [0.4, 0.5) is 0 Å². The molecule has 0 radical (unpaired) electrons. The molecule has 0 aromatic carbocycles. The van der Waals surface area contributed by atoms with Gasteiger partial charge >= 0.3 is 0 Å². The molecule has 0 spiro atoms. The first kappa shape index (κ1) is 12.1. The van der Waals surface area contributed by atoms with Crippen LogP contribution in [0.3, 0.4) is 0 Å². The summed E-state index contributed by atoms with van der Waals surface area (Å²) in [7, 11) is 0. The Labute approximate surface area is 108 Å². The molecule has 100 valence electrons. The number of nitrogens with zero attached hydrogens (tertiary/aromatic N) is 4. The fourth-order valence-electron chi connectivity index (χ4n) is 3.09. The molecular formula is C13H22N4O. The average Bonchev–Trinajstić information content (AvgIpc) is 2.98. The molecule has 2 unspecified atom stereocenters. The number of likely N-dealkylation sites (tertiary alicyclic amines) is 1. The normalized spacial score (nSPS) is 26.2. The molecule has 1 aromatic heterocycles. The molecule has 5 nitrogen and oxygen atoms in total. The molecule has 1 fully saturated rings. The van der Waals surface area contributed by atoms with Gasteiger partial charge in [-0.3, -0.25) is 4.90 Å². The van der Waals surface area contributed by atoms with Gasteiger partial charge in [0.25, 0.3) is 0 Å². The van der Waals surface area contributed by atoms with Gasteiger partial charge in [-0.25, -0.2) is 0 Å². The van der Waals surface area contributed by atoms with Gasteiger partial charge in [-0.05, 0) is 38.6 Å². The lowest BCUT2D eigenvalue weighted by Gasteiger charge is -2.19. The maximum absolute atomic E-state index is 9.63. The molecule has 1 N–H and O–H groups in total. The van der Waals surface area contributed by atoms with E-state index >= 15 is 0 Å². The predicted molar refractivity (Wildman–Crippen MR) is 68.0 cm³/mol. The van der Waals surface area contributed by atoms with Gasteiger partial charge in [-0.1, -0.05) is 0 Å². The number of rotatable bonds is 3. The first-order valence-corrected chi connectivity index (χ1v) is 7.05. The molecule has 0 aliphatic carbocycles. The van der Waals surface area contributed by atoms with Crippen molar-refractivity contribution in [2.75, 3.05) is 13.1 Å². The van der Waals surface area contributed by atoms with E-state index in [2.05, 4.69) is 19.7 Å². The van der Waals surface area contributed by atoms with Crippen molar-refractivity contribution in [2.45, 2.75) is 51.8 Å². The summed E-state index contributed by atoms with van der Waals surface area (Å²) < 4.78 is 2.29. The van der Waals surface area contributed by atoms with E-state index in [1.807, 2.05) is 6.92 Å². The van der Waals surface area contributed by atoms with E-state index < -0.39 is 0 Å². The monoisotopic (exact) mass is 250 g/mol. The van der Waals surface area contributed by atoms with Crippen LogP contribution in [-0.2, 0) is 19.5 Å². The van der Waals surface area contributed by atoms with E-state index in [1.165, 1.54) is 12.8 Å². The molecule has 3 heterocycles. The second kappa shape index (κ2) is 4.97. The Morgan fingerprint density at radius 3 is 3.00 bits per heavy atom. The van der Waals surface area contributed by atoms with Crippen LogP contribution in [0, 0.1) is 5.92 Å².